The van der Waals surface area contributed by atoms with E-state index in [1.165, 1.54) is 10.5 Å². The highest BCUT2D eigenvalue weighted by Gasteiger charge is 2.32. The number of carbonyl (C=O) groups is 1. The molecule has 1 heterocycles. The van der Waals surface area contributed by atoms with E-state index in [9.17, 15) is 4.79 Å². The molecule has 1 aliphatic rings. The Labute approximate surface area is 159 Å². The van der Waals surface area contributed by atoms with Gasteiger partial charge in [0.1, 0.15) is 11.4 Å². The van der Waals surface area contributed by atoms with Crippen molar-refractivity contribution in [3.05, 3.63) is 65.4 Å². The largest absolute Gasteiger partial charge is 0.493 e. The molecule has 2 aromatic carbocycles. The lowest BCUT2D eigenvalue weighted by Gasteiger charge is -2.15. The number of amides is 1. The van der Waals surface area contributed by atoms with Crippen LogP contribution >= 0.6 is 12.2 Å². The quantitative estimate of drug-likeness (QED) is 0.626. The molecule has 26 heavy (non-hydrogen) atoms. The standard InChI is InChI=1S/C21H22N2O2S/c1-4-25-19-8-6-5-7-16(19)13-18-20(24)23(21(26)22-18)17-11-9-15(10-12-17)14(2)3/h5-14H,4H2,1-3H3,(H,22,26)/b18-13-. The summed E-state index contributed by atoms with van der Waals surface area (Å²) < 4.78 is 5.63. The highest BCUT2D eigenvalue weighted by atomic mass is 32.1. The van der Waals surface area contributed by atoms with Crippen LogP contribution in [0.25, 0.3) is 6.08 Å². The molecule has 4 nitrogen and oxygen atoms in total. The maximum absolute atomic E-state index is 12.9. The number of carbonyl (C=O) groups excluding carboxylic acids is 1. The smallest absolute Gasteiger partial charge is 0.281 e. The third kappa shape index (κ3) is 3.63. The molecule has 0 atom stereocenters. The van der Waals surface area contributed by atoms with Crippen LogP contribution in [0.5, 0.6) is 5.75 Å². The van der Waals surface area contributed by atoms with E-state index < -0.39 is 0 Å². The van der Waals surface area contributed by atoms with Crippen LogP contribution in [0.3, 0.4) is 0 Å². The average Bonchev–Trinajstić information content (AvgIpc) is 2.90. The lowest BCUT2D eigenvalue weighted by atomic mass is 10.0. The van der Waals surface area contributed by atoms with Gasteiger partial charge in [0.25, 0.3) is 5.91 Å². The molecule has 134 valence electrons. The first-order valence-corrected chi connectivity index (χ1v) is 9.11. The van der Waals surface area contributed by atoms with Gasteiger partial charge in [-0.2, -0.15) is 0 Å². The van der Waals surface area contributed by atoms with Gasteiger partial charge in [0.2, 0.25) is 0 Å². The summed E-state index contributed by atoms with van der Waals surface area (Å²) in [6.07, 6.45) is 1.78. The molecular formula is C21H22N2O2S. The van der Waals surface area contributed by atoms with Crippen molar-refractivity contribution in [1.29, 1.82) is 0 Å². The van der Waals surface area contributed by atoms with E-state index in [0.29, 0.717) is 23.3 Å². The number of anilines is 1. The molecule has 0 spiro atoms. The van der Waals surface area contributed by atoms with Crippen molar-refractivity contribution in [2.24, 2.45) is 0 Å². The number of nitrogens with one attached hydrogen (secondary N) is 1. The van der Waals surface area contributed by atoms with E-state index >= 15 is 0 Å². The Morgan fingerprint density at radius 3 is 2.50 bits per heavy atom. The maximum Gasteiger partial charge on any atom is 0.281 e. The molecule has 0 bridgehead atoms. The fourth-order valence-corrected chi connectivity index (χ4v) is 3.12. The number of thiocarbonyl (C=S) groups is 1. The molecular weight excluding hydrogens is 344 g/mol. The number of hydrogen-bond acceptors (Lipinski definition) is 3. The molecule has 0 aromatic heterocycles. The van der Waals surface area contributed by atoms with E-state index in [-0.39, 0.29) is 5.91 Å². The van der Waals surface area contributed by atoms with Crippen LogP contribution < -0.4 is 15.0 Å². The first-order chi connectivity index (χ1) is 12.5. The van der Waals surface area contributed by atoms with Crippen molar-refractivity contribution in [1.82, 2.24) is 5.32 Å². The summed E-state index contributed by atoms with van der Waals surface area (Å²) >= 11 is 5.38. The molecule has 0 unspecified atom stereocenters. The summed E-state index contributed by atoms with van der Waals surface area (Å²) in [7, 11) is 0. The van der Waals surface area contributed by atoms with Crippen LogP contribution in [0.2, 0.25) is 0 Å². The zero-order valence-corrected chi connectivity index (χ0v) is 16.0. The van der Waals surface area contributed by atoms with E-state index in [2.05, 4.69) is 19.2 Å². The van der Waals surface area contributed by atoms with E-state index in [1.54, 1.807) is 6.08 Å². The Morgan fingerprint density at radius 1 is 1.15 bits per heavy atom. The van der Waals surface area contributed by atoms with Crippen molar-refractivity contribution < 1.29 is 9.53 Å². The Morgan fingerprint density at radius 2 is 1.85 bits per heavy atom. The third-order valence-electron chi connectivity index (χ3n) is 4.21. The predicted molar refractivity (Wildman–Crippen MR) is 109 cm³/mol. The number of para-hydroxylation sites is 1. The molecule has 1 fully saturated rings. The van der Waals surface area contributed by atoms with Crippen LogP contribution in [-0.2, 0) is 4.79 Å². The van der Waals surface area contributed by atoms with Crippen molar-refractivity contribution in [3.63, 3.8) is 0 Å². The Balaban J connectivity index is 1.89. The first-order valence-electron chi connectivity index (χ1n) is 8.70. The summed E-state index contributed by atoms with van der Waals surface area (Å²) in [6.45, 7) is 6.77. The molecule has 1 aliphatic heterocycles. The van der Waals surface area contributed by atoms with Gasteiger partial charge in [-0.05, 0) is 54.9 Å². The minimum absolute atomic E-state index is 0.168. The van der Waals surface area contributed by atoms with Gasteiger partial charge in [0.05, 0.1) is 12.3 Å². The molecule has 0 aliphatic carbocycles. The predicted octanol–water partition coefficient (Wildman–Crippen LogP) is 4.47. The van der Waals surface area contributed by atoms with Gasteiger partial charge in [-0.3, -0.25) is 9.69 Å². The summed E-state index contributed by atoms with van der Waals surface area (Å²) in [5.74, 6) is 1.01. The van der Waals surface area contributed by atoms with Crippen LogP contribution in [0.1, 0.15) is 37.8 Å². The second-order valence-corrected chi connectivity index (χ2v) is 6.73. The second kappa shape index (κ2) is 7.70. The van der Waals surface area contributed by atoms with Crippen LogP contribution in [0.4, 0.5) is 5.69 Å². The Hall–Kier alpha value is -2.66. The molecule has 2 aromatic rings. The topological polar surface area (TPSA) is 41.6 Å². The first kappa shape index (κ1) is 18.1. The van der Waals surface area contributed by atoms with Gasteiger partial charge in [-0.25, -0.2) is 0 Å². The number of rotatable bonds is 5. The number of nitrogens with zero attached hydrogens (tertiary/aromatic N) is 1. The Kier molecular flexibility index (Phi) is 5.38. The van der Waals surface area contributed by atoms with E-state index in [4.69, 9.17) is 17.0 Å². The van der Waals surface area contributed by atoms with Gasteiger partial charge in [0, 0.05) is 5.56 Å². The lowest BCUT2D eigenvalue weighted by Crippen LogP contribution is -2.30. The summed E-state index contributed by atoms with van der Waals surface area (Å²) in [5, 5.41) is 3.40. The molecule has 3 rings (SSSR count). The monoisotopic (exact) mass is 366 g/mol. The van der Waals surface area contributed by atoms with Crippen LogP contribution in [0.15, 0.2) is 54.2 Å². The summed E-state index contributed by atoms with van der Waals surface area (Å²) in [5.41, 5.74) is 3.26. The SMILES string of the molecule is CCOc1ccccc1/C=C1\NC(=S)N(c2ccc(C(C)C)cc2)C1=O. The van der Waals surface area contributed by atoms with Crippen LogP contribution in [0, 0.1) is 0 Å². The van der Waals surface area contributed by atoms with Crippen molar-refractivity contribution in [2.75, 3.05) is 11.5 Å². The van der Waals surface area contributed by atoms with Crippen molar-refractivity contribution >= 4 is 35.0 Å². The third-order valence-corrected chi connectivity index (χ3v) is 4.50. The zero-order valence-electron chi connectivity index (χ0n) is 15.2. The highest BCUT2D eigenvalue weighted by molar-refractivity contribution is 7.80. The zero-order chi connectivity index (χ0) is 18.7. The maximum atomic E-state index is 12.9. The normalized spacial score (nSPS) is 15.7. The molecule has 1 saturated heterocycles. The van der Waals surface area contributed by atoms with Crippen molar-refractivity contribution in [2.45, 2.75) is 26.7 Å². The number of ether oxygens (including phenoxy) is 1. The second-order valence-electron chi connectivity index (χ2n) is 6.35. The fourth-order valence-electron chi connectivity index (χ4n) is 2.82. The van der Waals surface area contributed by atoms with E-state index in [0.717, 1.165) is 17.0 Å². The molecule has 5 heteroatoms. The lowest BCUT2D eigenvalue weighted by molar-refractivity contribution is -0.113. The average molecular weight is 366 g/mol. The minimum Gasteiger partial charge on any atom is -0.493 e. The van der Waals surface area contributed by atoms with Crippen LogP contribution in [-0.4, -0.2) is 17.6 Å². The van der Waals surface area contributed by atoms with Gasteiger partial charge < -0.3 is 10.1 Å². The summed E-state index contributed by atoms with van der Waals surface area (Å²) in [6, 6.07) is 15.5. The summed E-state index contributed by atoms with van der Waals surface area (Å²) in [4.78, 5) is 14.4. The van der Waals surface area contributed by atoms with E-state index in [1.807, 2.05) is 55.5 Å². The number of benzene rings is 2. The molecule has 0 saturated carbocycles. The molecule has 1 N–H and O–H groups in total. The minimum atomic E-state index is -0.168. The van der Waals surface area contributed by atoms with Gasteiger partial charge in [-0.15, -0.1) is 0 Å². The van der Waals surface area contributed by atoms with Gasteiger partial charge in [0.15, 0.2) is 5.11 Å². The van der Waals surface area contributed by atoms with Gasteiger partial charge >= 0.3 is 0 Å². The highest BCUT2D eigenvalue weighted by Crippen LogP contribution is 2.27. The Bertz CT molecular complexity index is 857. The van der Waals surface area contributed by atoms with Crippen molar-refractivity contribution in [3.8, 4) is 5.75 Å². The fraction of sp³-hybridized carbons (Fsp3) is 0.238. The molecule has 1 amide bonds. The molecule has 0 radical (unpaired) electrons. The number of hydrogen-bond donors (Lipinski definition) is 1. The van der Waals surface area contributed by atoms with Gasteiger partial charge in [-0.1, -0.05) is 44.2 Å².